The highest BCUT2D eigenvalue weighted by Crippen LogP contribution is 2.32. The molecule has 1 aliphatic carbocycles. The Morgan fingerprint density at radius 2 is 2.21 bits per heavy atom. The molecule has 3 rings (SSSR count). The first-order valence-electron chi connectivity index (χ1n) is 6.70. The normalized spacial score (nSPS) is 22.8. The van der Waals surface area contributed by atoms with Gasteiger partial charge in [-0.2, -0.15) is 11.8 Å². The molecular weight excluding hydrogens is 254 g/mol. The lowest BCUT2D eigenvalue weighted by Crippen LogP contribution is -2.16. The van der Waals surface area contributed by atoms with E-state index in [2.05, 4.69) is 22.6 Å². The lowest BCUT2D eigenvalue weighted by Gasteiger charge is -2.16. The summed E-state index contributed by atoms with van der Waals surface area (Å²) in [4.78, 5) is 4.38. The van der Waals surface area contributed by atoms with E-state index in [-0.39, 0.29) is 0 Å². The quantitative estimate of drug-likeness (QED) is 0.840. The van der Waals surface area contributed by atoms with Crippen LogP contribution in [0.1, 0.15) is 19.3 Å². The molecule has 1 aromatic carbocycles. The fourth-order valence-electron chi connectivity index (χ4n) is 2.83. The number of benzene rings is 1. The van der Waals surface area contributed by atoms with Crippen molar-refractivity contribution in [3.05, 3.63) is 30.5 Å². The molecule has 0 spiro atoms. The third kappa shape index (κ3) is 2.50. The molecule has 3 nitrogen and oxygen atoms in total. The molecule has 1 heterocycles. The molecule has 2 atom stereocenters. The van der Waals surface area contributed by atoms with Crippen molar-refractivity contribution in [1.82, 2.24) is 4.98 Å². The fourth-order valence-corrected chi connectivity index (χ4v) is 3.63. The van der Waals surface area contributed by atoms with Gasteiger partial charge in [-0.25, -0.2) is 0 Å². The van der Waals surface area contributed by atoms with Gasteiger partial charge in [-0.15, -0.1) is 0 Å². The maximum atomic E-state index is 5.98. The fraction of sp³-hybridized carbons (Fsp3) is 0.400. The van der Waals surface area contributed by atoms with Crippen molar-refractivity contribution < 1.29 is 0 Å². The second-order valence-corrected chi connectivity index (χ2v) is 6.25. The minimum atomic E-state index is 0.574. The molecule has 19 heavy (non-hydrogen) atoms. The molecule has 0 saturated heterocycles. The van der Waals surface area contributed by atoms with Crippen molar-refractivity contribution in [2.75, 3.05) is 17.3 Å². The highest BCUT2D eigenvalue weighted by Gasteiger charge is 2.24. The van der Waals surface area contributed by atoms with Gasteiger partial charge >= 0.3 is 0 Å². The number of rotatable bonds is 3. The summed E-state index contributed by atoms with van der Waals surface area (Å²) in [6.07, 6.45) is 7.84. The Morgan fingerprint density at radius 3 is 3.00 bits per heavy atom. The number of thioether (sulfide) groups is 1. The molecule has 2 unspecified atom stereocenters. The van der Waals surface area contributed by atoms with E-state index in [9.17, 15) is 0 Å². The second-order valence-electron chi connectivity index (χ2n) is 5.11. The summed E-state index contributed by atoms with van der Waals surface area (Å²) in [7, 11) is 0. The predicted molar refractivity (Wildman–Crippen MR) is 84.7 cm³/mol. The molecular formula is C15H19N3S. The smallest absolute Gasteiger partial charge is 0.0951 e. The lowest BCUT2D eigenvalue weighted by atomic mass is 10.1. The Balaban J connectivity index is 1.87. The van der Waals surface area contributed by atoms with Crippen molar-refractivity contribution in [3.8, 4) is 0 Å². The van der Waals surface area contributed by atoms with Crippen LogP contribution in [0.2, 0.25) is 0 Å². The van der Waals surface area contributed by atoms with Gasteiger partial charge < -0.3 is 11.1 Å². The van der Waals surface area contributed by atoms with Gasteiger partial charge in [0.15, 0.2) is 0 Å². The highest BCUT2D eigenvalue weighted by atomic mass is 32.2. The maximum Gasteiger partial charge on any atom is 0.0951 e. The number of nitrogen functional groups attached to an aromatic ring is 1. The third-order valence-electron chi connectivity index (χ3n) is 3.88. The molecule has 0 amide bonds. The molecule has 1 aliphatic rings. The Hall–Kier alpha value is -1.42. The van der Waals surface area contributed by atoms with E-state index in [1.165, 1.54) is 19.3 Å². The van der Waals surface area contributed by atoms with Crippen LogP contribution in [-0.4, -0.2) is 22.5 Å². The second kappa shape index (κ2) is 5.29. The van der Waals surface area contributed by atoms with E-state index < -0.39 is 0 Å². The van der Waals surface area contributed by atoms with Crippen molar-refractivity contribution in [1.29, 1.82) is 0 Å². The minimum absolute atomic E-state index is 0.574. The first kappa shape index (κ1) is 12.6. The van der Waals surface area contributed by atoms with Crippen LogP contribution in [-0.2, 0) is 0 Å². The number of hydrogen-bond acceptors (Lipinski definition) is 4. The Bertz CT molecular complexity index is 585. The molecule has 0 bridgehead atoms. The monoisotopic (exact) mass is 273 g/mol. The largest absolute Gasteiger partial charge is 0.397 e. The molecule has 3 N–H and O–H groups in total. The highest BCUT2D eigenvalue weighted by molar-refractivity contribution is 7.99. The first-order chi connectivity index (χ1) is 9.28. The first-order valence-corrected chi connectivity index (χ1v) is 7.99. The van der Waals surface area contributed by atoms with Crippen LogP contribution < -0.4 is 11.1 Å². The van der Waals surface area contributed by atoms with Gasteiger partial charge in [-0.1, -0.05) is 12.1 Å². The molecule has 100 valence electrons. The molecule has 2 aromatic rings. The number of aromatic nitrogens is 1. The summed E-state index contributed by atoms with van der Waals surface area (Å²) in [5.41, 5.74) is 8.78. The standard InChI is InChI=1S/C15H19N3S/c1-19-11-6-5-10(9-11)18-14-7-8-17-15-12(14)3-2-4-13(15)16/h2-4,7-8,10-11H,5-6,9,16H2,1H3,(H,17,18). The number of pyridine rings is 1. The maximum absolute atomic E-state index is 5.98. The summed E-state index contributed by atoms with van der Waals surface area (Å²) >= 11 is 1.98. The van der Waals surface area contributed by atoms with E-state index >= 15 is 0 Å². The lowest BCUT2D eigenvalue weighted by molar-refractivity contribution is 0.758. The van der Waals surface area contributed by atoms with Crippen molar-refractivity contribution in [3.63, 3.8) is 0 Å². The number of anilines is 2. The van der Waals surface area contributed by atoms with E-state index in [4.69, 9.17) is 5.73 Å². The number of fused-ring (bicyclic) bond motifs is 1. The number of nitrogens with zero attached hydrogens (tertiary/aromatic N) is 1. The van der Waals surface area contributed by atoms with Crippen LogP contribution in [0.25, 0.3) is 10.9 Å². The van der Waals surface area contributed by atoms with Gasteiger partial charge in [0.1, 0.15) is 0 Å². The zero-order valence-corrected chi connectivity index (χ0v) is 11.9. The molecule has 0 radical (unpaired) electrons. The van der Waals surface area contributed by atoms with Crippen LogP contribution in [0, 0.1) is 0 Å². The summed E-state index contributed by atoms with van der Waals surface area (Å²) in [5.74, 6) is 0. The van der Waals surface area contributed by atoms with Crippen LogP contribution >= 0.6 is 11.8 Å². The molecule has 1 fully saturated rings. The third-order valence-corrected chi connectivity index (χ3v) is 4.97. The average molecular weight is 273 g/mol. The SMILES string of the molecule is CSC1CCC(Nc2ccnc3c(N)cccc23)C1. The summed E-state index contributed by atoms with van der Waals surface area (Å²) in [5, 5.41) is 5.59. The molecule has 1 aromatic heterocycles. The zero-order valence-electron chi connectivity index (χ0n) is 11.1. The van der Waals surface area contributed by atoms with Crippen LogP contribution in [0.4, 0.5) is 11.4 Å². The molecule has 0 aliphatic heterocycles. The zero-order chi connectivity index (χ0) is 13.2. The van der Waals surface area contributed by atoms with Crippen LogP contribution in [0.3, 0.4) is 0 Å². The average Bonchev–Trinajstić information content (AvgIpc) is 2.88. The topological polar surface area (TPSA) is 50.9 Å². The van der Waals surface area contributed by atoms with Crippen LogP contribution in [0.5, 0.6) is 0 Å². The Labute approximate surface area is 118 Å². The van der Waals surface area contributed by atoms with Gasteiger partial charge in [0, 0.05) is 28.6 Å². The molecule has 4 heteroatoms. The van der Waals surface area contributed by atoms with E-state index in [1.807, 2.05) is 36.2 Å². The molecule has 1 saturated carbocycles. The number of para-hydroxylation sites is 1. The minimum Gasteiger partial charge on any atom is -0.397 e. The van der Waals surface area contributed by atoms with Gasteiger partial charge in [-0.05, 0) is 37.7 Å². The van der Waals surface area contributed by atoms with Gasteiger partial charge in [0.05, 0.1) is 11.2 Å². The number of nitrogens with one attached hydrogen (secondary N) is 1. The van der Waals surface area contributed by atoms with Crippen molar-refractivity contribution in [2.24, 2.45) is 0 Å². The Morgan fingerprint density at radius 1 is 1.32 bits per heavy atom. The van der Waals surface area contributed by atoms with Gasteiger partial charge in [-0.3, -0.25) is 4.98 Å². The Kier molecular flexibility index (Phi) is 3.51. The van der Waals surface area contributed by atoms with E-state index in [1.54, 1.807) is 0 Å². The van der Waals surface area contributed by atoms with Crippen molar-refractivity contribution >= 4 is 34.0 Å². The van der Waals surface area contributed by atoms with Crippen molar-refractivity contribution in [2.45, 2.75) is 30.6 Å². The summed E-state index contributed by atoms with van der Waals surface area (Å²) in [6, 6.07) is 8.60. The van der Waals surface area contributed by atoms with Gasteiger partial charge in [0.25, 0.3) is 0 Å². The predicted octanol–water partition coefficient (Wildman–Crippen LogP) is 3.51. The van der Waals surface area contributed by atoms with Crippen LogP contribution in [0.15, 0.2) is 30.5 Å². The number of hydrogen-bond donors (Lipinski definition) is 2. The number of nitrogens with two attached hydrogens (primary N) is 1. The van der Waals surface area contributed by atoms with Gasteiger partial charge in [0.2, 0.25) is 0 Å². The summed E-state index contributed by atoms with van der Waals surface area (Å²) < 4.78 is 0. The van der Waals surface area contributed by atoms with E-state index in [0.29, 0.717) is 6.04 Å². The van der Waals surface area contributed by atoms with E-state index in [0.717, 1.165) is 27.5 Å². The summed E-state index contributed by atoms with van der Waals surface area (Å²) in [6.45, 7) is 0.